The van der Waals surface area contributed by atoms with Crippen molar-refractivity contribution in [3.05, 3.63) is 33.1 Å². The van der Waals surface area contributed by atoms with E-state index >= 15 is 0 Å². The minimum absolute atomic E-state index is 0.189. The molecule has 0 fully saturated rings. The van der Waals surface area contributed by atoms with Gasteiger partial charge in [0.25, 0.3) is 0 Å². The number of ether oxygens (including phenoxy) is 2. The Labute approximate surface area is 96.0 Å². The van der Waals surface area contributed by atoms with E-state index in [1.807, 2.05) is 0 Å². The highest BCUT2D eigenvalue weighted by atomic mass is 16.5. The molecule has 2 rings (SSSR count). The molecule has 90 valence electrons. The first kappa shape index (κ1) is 11.3. The van der Waals surface area contributed by atoms with Crippen LogP contribution in [0.4, 0.5) is 0 Å². The van der Waals surface area contributed by atoms with E-state index in [9.17, 15) is 9.59 Å². The Morgan fingerprint density at radius 3 is 2.47 bits per heavy atom. The maximum absolute atomic E-state index is 11.7. The van der Waals surface area contributed by atoms with Crippen molar-refractivity contribution >= 4 is 10.9 Å². The maximum Gasteiger partial charge on any atom is 0.422 e. The standard InChI is InChI=1S/C11H11NO5/c1-12-6-4-5-7(15-2)9(16-3)8(6)10(13)17-11(12)14/h4-5H,1-3H3. The molecule has 0 spiro atoms. The molecule has 0 saturated carbocycles. The molecule has 6 heteroatoms. The zero-order valence-electron chi connectivity index (χ0n) is 9.64. The van der Waals surface area contributed by atoms with Crippen LogP contribution in [0, 0.1) is 0 Å². The highest BCUT2D eigenvalue weighted by Gasteiger charge is 2.16. The van der Waals surface area contributed by atoms with Gasteiger partial charge in [-0.3, -0.25) is 4.57 Å². The van der Waals surface area contributed by atoms with Gasteiger partial charge in [0, 0.05) is 7.05 Å². The fraction of sp³-hybridized carbons (Fsp3) is 0.273. The Kier molecular flexibility index (Phi) is 2.63. The van der Waals surface area contributed by atoms with Gasteiger partial charge in [0.15, 0.2) is 11.5 Å². The highest BCUT2D eigenvalue weighted by Crippen LogP contribution is 2.32. The van der Waals surface area contributed by atoms with Crippen molar-refractivity contribution < 1.29 is 13.9 Å². The lowest BCUT2D eigenvalue weighted by Gasteiger charge is -2.10. The van der Waals surface area contributed by atoms with Gasteiger partial charge in [-0.15, -0.1) is 0 Å². The van der Waals surface area contributed by atoms with Crippen LogP contribution in [0.25, 0.3) is 10.9 Å². The van der Waals surface area contributed by atoms with Gasteiger partial charge in [0.05, 0.1) is 19.7 Å². The third-order valence-corrected chi connectivity index (χ3v) is 2.54. The van der Waals surface area contributed by atoms with Crippen molar-refractivity contribution in [2.24, 2.45) is 7.05 Å². The molecule has 0 saturated heterocycles. The van der Waals surface area contributed by atoms with Gasteiger partial charge in [-0.1, -0.05) is 0 Å². The van der Waals surface area contributed by atoms with Gasteiger partial charge in [0.1, 0.15) is 5.39 Å². The quantitative estimate of drug-likeness (QED) is 0.761. The molecule has 1 aromatic carbocycles. The summed E-state index contributed by atoms with van der Waals surface area (Å²) in [5.41, 5.74) is -0.303. The van der Waals surface area contributed by atoms with Crippen molar-refractivity contribution in [2.45, 2.75) is 0 Å². The molecule has 0 unspecified atom stereocenters. The summed E-state index contributed by atoms with van der Waals surface area (Å²) in [5.74, 6) is -0.0463. The van der Waals surface area contributed by atoms with E-state index in [1.165, 1.54) is 25.8 Å². The lowest BCUT2D eigenvalue weighted by molar-refractivity contribution is 0.355. The van der Waals surface area contributed by atoms with Gasteiger partial charge in [-0.25, -0.2) is 9.59 Å². The van der Waals surface area contributed by atoms with Crippen molar-refractivity contribution in [1.29, 1.82) is 0 Å². The summed E-state index contributed by atoms with van der Waals surface area (Å²) in [7, 11) is 4.40. The molecule has 0 radical (unpaired) electrons. The van der Waals surface area contributed by atoms with Gasteiger partial charge >= 0.3 is 11.4 Å². The lowest BCUT2D eigenvalue weighted by atomic mass is 10.2. The summed E-state index contributed by atoms with van der Waals surface area (Å²) in [6.07, 6.45) is 0. The number of aromatic nitrogens is 1. The monoisotopic (exact) mass is 237 g/mol. The summed E-state index contributed by atoms with van der Waals surface area (Å²) in [5, 5.41) is 0.189. The fourth-order valence-corrected chi connectivity index (χ4v) is 1.69. The summed E-state index contributed by atoms with van der Waals surface area (Å²) < 4.78 is 16.0. The maximum atomic E-state index is 11.7. The van der Waals surface area contributed by atoms with E-state index < -0.39 is 11.4 Å². The number of benzene rings is 1. The molecule has 0 N–H and O–H groups in total. The summed E-state index contributed by atoms with van der Waals surface area (Å²) >= 11 is 0. The summed E-state index contributed by atoms with van der Waals surface area (Å²) in [6, 6.07) is 3.23. The van der Waals surface area contributed by atoms with Gasteiger partial charge in [0.2, 0.25) is 0 Å². The van der Waals surface area contributed by atoms with E-state index in [4.69, 9.17) is 9.47 Å². The van der Waals surface area contributed by atoms with Crippen LogP contribution in [0.15, 0.2) is 26.1 Å². The van der Waals surface area contributed by atoms with Gasteiger partial charge in [-0.2, -0.15) is 0 Å². The van der Waals surface area contributed by atoms with Crippen LogP contribution in [0.5, 0.6) is 11.5 Å². The molecular weight excluding hydrogens is 226 g/mol. The first-order valence-corrected chi connectivity index (χ1v) is 4.85. The number of fused-ring (bicyclic) bond motifs is 1. The van der Waals surface area contributed by atoms with Crippen LogP contribution >= 0.6 is 0 Å². The number of nitrogens with zero attached hydrogens (tertiary/aromatic N) is 1. The summed E-state index contributed by atoms with van der Waals surface area (Å²) in [6.45, 7) is 0. The molecule has 0 bridgehead atoms. The number of aryl methyl sites for hydroxylation is 1. The Bertz CT molecular complexity index is 683. The van der Waals surface area contributed by atoms with Crippen LogP contribution in [-0.2, 0) is 7.05 Å². The third kappa shape index (κ3) is 1.57. The zero-order valence-corrected chi connectivity index (χ0v) is 9.64. The topological polar surface area (TPSA) is 70.7 Å². The Hall–Kier alpha value is -2.24. The van der Waals surface area contributed by atoms with Crippen LogP contribution < -0.4 is 20.9 Å². The molecule has 2 aromatic rings. The van der Waals surface area contributed by atoms with E-state index in [0.29, 0.717) is 11.3 Å². The third-order valence-electron chi connectivity index (χ3n) is 2.54. The first-order valence-electron chi connectivity index (χ1n) is 4.85. The number of hydrogen-bond donors (Lipinski definition) is 0. The molecule has 0 aliphatic heterocycles. The van der Waals surface area contributed by atoms with Gasteiger partial charge in [-0.05, 0) is 12.1 Å². The SMILES string of the molecule is COc1ccc2c(c1OC)c(=O)oc(=O)n2C. The Balaban J connectivity index is 3.05. The molecule has 0 aliphatic carbocycles. The second-order valence-corrected chi connectivity index (χ2v) is 3.41. The zero-order chi connectivity index (χ0) is 12.6. The van der Waals surface area contributed by atoms with Crippen LogP contribution in [0.1, 0.15) is 0 Å². The highest BCUT2D eigenvalue weighted by molar-refractivity contribution is 5.87. The van der Waals surface area contributed by atoms with Crippen molar-refractivity contribution in [2.75, 3.05) is 14.2 Å². The summed E-state index contributed by atoms with van der Waals surface area (Å²) in [4.78, 5) is 23.0. The largest absolute Gasteiger partial charge is 0.493 e. The van der Waals surface area contributed by atoms with Crippen LogP contribution in [-0.4, -0.2) is 18.8 Å². The predicted octanol–water partition coefficient (Wildman–Crippen LogP) is 0.509. The molecule has 0 amide bonds. The van der Waals surface area contributed by atoms with Crippen molar-refractivity contribution in [1.82, 2.24) is 4.57 Å². The van der Waals surface area contributed by atoms with Crippen LogP contribution in [0.3, 0.4) is 0 Å². The second kappa shape index (κ2) is 3.97. The van der Waals surface area contributed by atoms with Crippen molar-refractivity contribution in [3.8, 4) is 11.5 Å². The second-order valence-electron chi connectivity index (χ2n) is 3.41. The van der Waals surface area contributed by atoms with Gasteiger partial charge < -0.3 is 13.9 Å². The van der Waals surface area contributed by atoms with E-state index in [1.54, 1.807) is 12.1 Å². The Morgan fingerprint density at radius 2 is 1.88 bits per heavy atom. The average molecular weight is 237 g/mol. The van der Waals surface area contributed by atoms with E-state index in [2.05, 4.69) is 4.42 Å². The predicted molar refractivity (Wildman–Crippen MR) is 60.8 cm³/mol. The molecule has 17 heavy (non-hydrogen) atoms. The molecular formula is C11H11NO5. The Morgan fingerprint density at radius 1 is 1.18 bits per heavy atom. The normalized spacial score (nSPS) is 10.5. The minimum Gasteiger partial charge on any atom is -0.493 e. The number of methoxy groups -OCH3 is 2. The molecule has 0 aliphatic rings. The fourth-order valence-electron chi connectivity index (χ4n) is 1.69. The number of rotatable bonds is 2. The smallest absolute Gasteiger partial charge is 0.422 e. The van der Waals surface area contributed by atoms with E-state index in [0.717, 1.165) is 0 Å². The number of hydrogen-bond acceptors (Lipinski definition) is 5. The molecule has 0 atom stereocenters. The average Bonchev–Trinajstić information content (AvgIpc) is 2.34. The van der Waals surface area contributed by atoms with Crippen molar-refractivity contribution in [3.63, 3.8) is 0 Å². The van der Waals surface area contributed by atoms with Crippen LogP contribution in [0.2, 0.25) is 0 Å². The molecule has 1 heterocycles. The lowest BCUT2D eigenvalue weighted by Crippen LogP contribution is -2.22. The molecule has 6 nitrogen and oxygen atoms in total. The minimum atomic E-state index is -0.737. The van der Waals surface area contributed by atoms with E-state index in [-0.39, 0.29) is 11.1 Å². The molecule has 1 aromatic heterocycles. The first-order chi connectivity index (χ1) is 8.10.